The average Bonchev–Trinajstić information content (AvgIpc) is 2.54. The second-order valence-corrected chi connectivity index (χ2v) is 5.49. The highest BCUT2D eigenvalue weighted by Gasteiger charge is 2.14. The molecule has 0 atom stereocenters. The molecule has 0 aliphatic heterocycles. The fourth-order valence-electron chi connectivity index (χ4n) is 2.60. The monoisotopic (exact) mass is 306 g/mol. The number of carbonyl (C=O) groups excluding carboxylic acids is 1. The smallest absolute Gasteiger partial charge is 0.256 e. The van der Waals surface area contributed by atoms with Gasteiger partial charge in [0.2, 0.25) is 0 Å². The highest BCUT2D eigenvalue weighted by Crippen LogP contribution is 2.27. The van der Waals surface area contributed by atoms with Crippen LogP contribution in [0.15, 0.2) is 48.5 Å². The van der Waals surface area contributed by atoms with Gasteiger partial charge in [-0.1, -0.05) is 24.3 Å². The number of aryl methyl sites for hydroxylation is 2. The zero-order valence-electron chi connectivity index (χ0n) is 13.4. The first-order chi connectivity index (χ1) is 11.1. The van der Waals surface area contributed by atoms with E-state index in [9.17, 15) is 4.79 Å². The molecule has 3 rings (SSSR count). The van der Waals surface area contributed by atoms with Crippen LogP contribution in [0.3, 0.4) is 0 Å². The van der Waals surface area contributed by atoms with Gasteiger partial charge in [0.25, 0.3) is 5.91 Å². The molecule has 0 radical (unpaired) electrons. The van der Waals surface area contributed by atoms with E-state index in [1.807, 2.05) is 56.3 Å². The number of pyridine rings is 1. The summed E-state index contributed by atoms with van der Waals surface area (Å²) in [4.78, 5) is 17.2. The van der Waals surface area contributed by atoms with Crippen LogP contribution in [-0.4, -0.2) is 18.0 Å². The van der Waals surface area contributed by atoms with Crippen LogP contribution in [0.25, 0.3) is 10.9 Å². The van der Waals surface area contributed by atoms with E-state index in [0.29, 0.717) is 17.0 Å². The van der Waals surface area contributed by atoms with Crippen LogP contribution in [0, 0.1) is 13.8 Å². The molecule has 3 aromatic rings. The number of carbonyl (C=O) groups is 1. The topological polar surface area (TPSA) is 51.2 Å². The van der Waals surface area contributed by atoms with Gasteiger partial charge in [-0.2, -0.15) is 0 Å². The minimum absolute atomic E-state index is 0.171. The summed E-state index contributed by atoms with van der Waals surface area (Å²) in [7, 11) is 1.59. The Hall–Kier alpha value is -2.88. The van der Waals surface area contributed by atoms with Crippen molar-refractivity contribution in [2.45, 2.75) is 13.8 Å². The van der Waals surface area contributed by atoms with Crippen molar-refractivity contribution in [1.29, 1.82) is 0 Å². The third-order valence-electron chi connectivity index (χ3n) is 3.69. The molecule has 0 aliphatic rings. The Morgan fingerprint density at radius 1 is 1.09 bits per heavy atom. The Balaban J connectivity index is 2.03. The lowest BCUT2D eigenvalue weighted by Crippen LogP contribution is -2.14. The predicted octanol–water partition coefficient (Wildman–Crippen LogP) is 4.11. The van der Waals surface area contributed by atoms with Crippen molar-refractivity contribution in [3.8, 4) is 5.75 Å². The minimum Gasteiger partial charge on any atom is -0.495 e. The number of ether oxygens (including phenoxy) is 1. The van der Waals surface area contributed by atoms with Gasteiger partial charge in [-0.05, 0) is 43.7 Å². The van der Waals surface area contributed by atoms with Crippen LogP contribution in [0.5, 0.6) is 5.75 Å². The maximum atomic E-state index is 12.8. The number of para-hydroxylation sites is 1. The van der Waals surface area contributed by atoms with Crippen LogP contribution in [-0.2, 0) is 0 Å². The van der Waals surface area contributed by atoms with Gasteiger partial charge in [0, 0.05) is 11.1 Å². The van der Waals surface area contributed by atoms with Gasteiger partial charge in [0.05, 0.1) is 23.9 Å². The molecule has 4 heteroatoms. The summed E-state index contributed by atoms with van der Waals surface area (Å²) in [5.74, 6) is 0.467. The summed E-state index contributed by atoms with van der Waals surface area (Å²) in [6, 6.07) is 15.1. The van der Waals surface area contributed by atoms with Crippen molar-refractivity contribution in [2.75, 3.05) is 12.4 Å². The number of fused-ring (bicyclic) bond motifs is 1. The van der Waals surface area contributed by atoms with Gasteiger partial charge in [-0.3, -0.25) is 9.78 Å². The molecule has 1 heterocycles. The highest BCUT2D eigenvalue weighted by molar-refractivity contribution is 6.12. The van der Waals surface area contributed by atoms with E-state index in [-0.39, 0.29) is 5.91 Å². The Kier molecular flexibility index (Phi) is 3.98. The number of benzene rings is 2. The second-order valence-electron chi connectivity index (χ2n) is 5.49. The lowest BCUT2D eigenvalue weighted by Gasteiger charge is -2.12. The lowest BCUT2D eigenvalue weighted by atomic mass is 10.1. The highest BCUT2D eigenvalue weighted by atomic mass is 16.5. The van der Waals surface area contributed by atoms with Gasteiger partial charge in [-0.15, -0.1) is 0 Å². The maximum Gasteiger partial charge on any atom is 0.256 e. The summed E-state index contributed by atoms with van der Waals surface area (Å²) >= 11 is 0. The number of hydrogen-bond donors (Lipinski definition) is 1. The standard InChI is InChI=1S/C19H18N2O2/c1-12-8-9-18(23-3)17(10-12)21-19(22)15-11-13(2)20-16-7-5-4-6-14(15)16/h4-11H,1-3H3,(H,21,22). The molecule has 23 heavy (non-hydrogen) atoms. The third-order valence-corrected chi connectivity index (χ3v) is 3.69. The van der Waals surface area contributed by atoms with Gasteiger partial charge in [0.15, 0.2) is 0 Å². The number of nitrogens with zero attached hydrogens (tertiary/aromatic N) is 1. The normalized spacial score (nSPS) is 10.6. The molecule has 1 N–H and O–H groups in total. The van der Waals surface area contributed by atoms with Crippen molar-refractivity contribution in [1.82, 2.24) is 4.98 Å². The van der Waals surface area contributed by atoms with Gasteiger partial charge >= 0.3 is 0 Å². The van der Waals surface area contributed by atoms with Crippen LogP contribution in [0.1, 0.15) is 21.6 Å². The first-order valence-electron chi connectivity index (χ1n) is 7.41. The molecule has 0 aliphatic carbocycles. The van der Waals surface area contributed by atoms with E-state index in [1.165, 1.54) is 0 Å². The zero-order chi connectivity index (χ0) is 16.4. The largest absolute Gasteiger partial charge is 0.495 e. The summed E-state index contributed by atoms with van der Waals surface area (Å²) in [5.41, 5.74) is 3.95. The molecule has 4 nitrogen and oxygen atoms in total. The molecule has 0 saturated heterocycles. The van der Waals surface area contributed by atoms with Crippen molar-refractivity contribution < 1.29 is 9.53 Å². The number of nitrogens with one attached hydrogen (secondary N) is 1. The molecule has 1 aromatic heterocycles. The van der Waals surface area contributed by atoms with E-state index >= 15 is 0 Å². The van der Waals surface area contributed by atoms with E-state index in [4.69, 9.17) is 4.74 Å². The van der Waals surface area contributed by atoms with Crippen molar-refractivity contribution in [2.24, 2.45) is 0 Å². The summed E-state index contributed by atoms with van der Waals surface area (Å²) in [6.07, 6.45) is 0. The molecule has 116 valence electrons. The second kappa shape index (κ2) is 6.08. The number of aromatic nitrogens is 1. The van der Waals surface area contributed by atoms with Gasteiger partial charge < -0.3 is 10.1 Å². The quantitative estimate of drug-likeness (QED) is 0.792. The molecular weight excluding hydrogens is 288 g/mol. The minimum atomic E-state index is -0.171. The summed E-state index contributed by atoms with van der Waals surface area (Å²) < 4.78 is 5.32. The summed E-state index contributed by atoms with van der Waals surface area (Å²) in [6.45, 7) is 3.86. The van der Waals surface area contributed by atoms with Gasteiger partial charge in [-0.25, -0.2) is 0 Å². The Morgan fingerprint density at radius 3 is 2.65 bits per heavy atom. The maximum absolute atomic E-state index is 12.8. The van der Waals surface area contributed by atoms with Crippen molar-refractivity contribution >= 4 is 22.5 Å². The fraction of sp³-hybridized carbons (Fsp3) is 0.158. The lowest BCUT2D eigenvalue weighted by molar-refractivity contribution is 0.102. The first-order valence-corrected chi connectivity index (χ1v) is 7.41. The number of rotatable bonds is 3. The van der Waals surface area contributed by atoms with E-state index in [2.05, 4.69) is 10.3 Å². The number of hydrogen-bond acceptors (Lipinski definition) is 3. The number of methoxy groups -OCH3 is 1. The fourth-order valence-corrected chi connectivity index (χ4v) is 2.60. The molecule has 0 saturated carbocycles. The van der Waals surface area contributed by atoms with E-state index in [0.717, 1.165) is 22.2 Å². The molecule has 1 amide bonds. The Labute approximate surface area is 135 Å². The Bertz CT molecular complexity index is 888. The summed E-state index contributed by atoms with van der Waals surface area (Å²) in [5, 5.41) is 3.78. The van der Waals surface area contributed by atoms with E-state index in [1.54, 1.807) is 13.2 Å². The van der Waals surface area contributed by atoms with Crippen LogP contribution in [0.4, 0.5) is 5.69 Å². The van der Waals surface area contributed by atoms with Crippen molar-refractivity contribution in [3.05, 3.63) is 65.4 Å². The molecule has 0 spiro atoms. The van der Waals surface area contributed by atoms with Crippen LogP contribution >= 0.6 is 0 Å². The first kappa shape index (κ1) is 15.0. The Morgan fingerprint density at radius 2 is 1.87 bits per heavy atom. The van der Waals surface area contributed by atoms with Crippen LogP contribution < -0.4 is 10.1 Å². The van der Waals surface area contributed by atoms with Crippen LogP contribution in [0.2, 0.25) is 0 Å². The molecule has 2 aromatic carbocycles. The number of anilines is 1. The SMILES string of the molecule is COc1ccc(C)cc1NC(=O)c1cc(C)nc2ccccc12. The molecule has 0 fully saturated rings. The predicted molar refractivity (Wildman–Crippen MR) is 92.2 cm³/mol. The van der Waals surface area contributed by atoms with Crippen molar-refractivity contribution in [3.63, 3.8) is 0 Å². The zero-order valence-corrected chi connectivity index (χ0v) is 13.4. The molecule has 0 unspecified atom stereocenters. The average molecular weight is 306 g/mol. The third kappa shape index (κ3) is 3.01. The van der Waals surface area contributed by atoms with E-state index < -0.39 is 0 Å². The molecule has 0 bridgehead atoms. The number of amides is 1. The van der Waals surface area contributed by atoms with Gasteiger partial charge in [0.1, 0.15) is 5.75 Å². The molecular formula is C19H18N2O2.